The van der Waals surface area contributed by atoms with Gasteiger partial charge in [0, 0.05) is 29.1 Å². The summed E-state index contributed by atoms with van der Waals surface area (Å²) < 4.78 is 4.95. The second-order valence-corrected chi connectivity index (χ2v) is 5.41. The van der Waals surface area contributed by atoms with Crippen molar-refractivity contribution in [1.82, 2.24) is 10.3 Å². The highest BCUT2D eigenvalue weighted by atomic mass is 35.5. The number of aromatic nitrogens is 1. The van der Waals surface area contributed by atoms with E-state index in [9.17, 15) is 4.79 Å². The van der Waals surface area contributed by atoms with Crippen LogP contribution in [0.1, 0.15) is 17.7 Å². The largest absolute Gasteiger partial charge is 0.448 e. The third kappa shape index (κ3) is 2.61. The molecule has 1 aromatic carbocycles. The molecule has 1 atom stereocenters. The minimum Gasteiger partial charge on any atom is -0.448 e. The summed E-state index contributed by atoms with van der Waals surface area (Å²) in [6.07, 6.45) is 2.35. The van der Waals surface area contributed by atoms with E-state index in [-0.39, 0.29) is 18.7 Å². The third-order valence-corrected chi connectivity index (χ3v) is 3.88. The lowest BCUT2D eigenvalue weighted by Gasteiger charge is -2.23. The van der Waals surface area contributed by atoms with E-state index in [2.05, 4.69) is 28.5 Å². The van der Waals surface area contributed by atoms with Crippen molar-refractivity contribution >= 4 is 28.6 Å². The maximum atomic E-state index is 11.6. The van der Waals surface area contributed by atoms with Crippen LogP contribution in [0.5, 0.6) is 0 Å². The first kappa shape index (κ1) is 13.3. The summed E-state index contributed by atoms with van der Waals surface area (Å²) in [7, 11) is 0. The first-order valence-electron chi connectivity index (χ1n) is 6.85. The SMILES string of the molecule is O=C(NC1CCc2c([nH]c3ccccc23)C1)OCCCl. The molecule has 1 unspecified atom stereocenters. The minimum atomic E-state index is -0.379. The molecule has 1 amide bonds. The zero-order chi connectivity index (χ0) is 13.9. The molecule has 4 nitrogen and oxygen atoms in total. The number of rotatable bonds is 3. The number of alkyl halides is 1. The fourth-order valence-electron chi connectivity index (χ4n) is 2.85. The second kappa shape index (κ2) is 5.75. The zero-order valence-corrected chi connectivity index (χ0v) is 11.9. The Balaban J connectivity index is 1.71. The maximum absolute atomic E-state index is 11.6. The van der Waals surface area contributed by atoms with Crippen molar-refractivity contribution in [2.24, 2.45) is 0 Å². The van der Waals surface area contributed by atoms with Gasteiger partial charge in [0.2, 0.25) is 0 Å². The van der Waals surface area contributed by atoms with Gasteiger partial charge in [-0.1, -0.05) is 18.2 Å². The van der Waals surface area contributed by atoms with Gasteiger partial charge in [0.25, 0.3) is 0 Å². The predicted octanol–water partition coefficient (Wildman–Crippen LogP) is 2.99. The number of aryl methyl sites for hydroxylation is 1. The quantitative estimate of drug-likeness (QED) is 0.855. The lowest BCUT2D eigenvalue weighted by atomic mass is 9.92. The second-order valence-electron chi connectivity index (χ2n) is 5.04. The summed E-state index contributed by atoms with van der Waals surface area (Å²) in [5.41, 5.74) is 3.77. The fraction of sp³-hybridized carbons (Fsp3) is 0.400. The van der Waals surface area contributed by atoms with Gasteiger partial charge in [-0.15, -0.1) is 11.6 Å². The Morgan fingerprint density at radius 3 is 3.15 bits per heavy atom. The molecule has 0 fully saturated rings. The smallest absolute Gasteiger partial charge is 0.407 e. The van der Waals surface area contributed by atoms with Crippen molar-refractivity contribution in [1.29, 1.82) is 0 Å². The molecule has 0 bridgehead atoms. The molecule has 2 aromatic rings. The number of alkyl carbamates (subject to hydrolysis) is 1. The van der Waals surface area contributed by atoms with Crippen LogP contribution in [0.3, 0.4) is 0 Å². The monoisotopic (exact) mass is 292 g/mol. The number of nitrogens with one attached hydrogen (secondary N) is 2. The van der Waals surface area contributed by atoms with E-state index >= 15 is 0 Å². The first-order chi connectivity index (χ1) is 9.78. The average Bonchev–Trinajstić information content (AvgIpc) is 2.82. The molecule has 106 valence electrons. The van der Waals surface area contributed by atoms with E-state index in [0.29, 0.717) is 5.88 Å². The van der Waals surface area contributed by atoms with E-state index in [0.717, 1.165) is 19.3 Å². The molecule has 1 heterocycles. The van der Waals surface area contributed by atoms with Crippen LogP contribution in [-0.4, -0.2) is 29.6 Å². The van der Waals surface area contributed by atoms with Gasteiger partial charge in [0.05, 0.1) is 5.88 Å². The van der Waals surface area contributed by atoms with Gasteiger partial charge in [0.1, 0.15) is 6.61 Å². The topological polar surface area (TPSA) is 54.1 Å². The highest BCUT2D eigenvalue weighted by Gasteiger charge is 2.23. The Hall–Kier alpha value is -1.68. The van der Waals surface area contributed by atoms with Crippen LogP contribution in [0.4, 0.5) is 4.79 Å². The Morgan fingerprint density at radius 1 is 1.45 bits per heavy atom. The van der Waals surface area contributed by atoms with Gasteiger partial charge in [-0.3, -0.25) is 0 Å². The van der Waals surface area contributed by atoms with E-state index < -0.39 is 0 Å². The van der Waals surface area contributed by atoms with Crippen molar-refractivity contribution in [2.75, 3.05) is 12.5 Å². The van der Waals surface area contributed by atoms with Gasteiger partial charge < -0.3 is 15.0 Å². The number of H-pyrrole nitrogens is 1. The Kier molecular flexibility index (Phi) is 3.83. The summed E-state index contributed by atoms with van der Waals surface area (Å²) in [6.45, 7) is 0.248. The van der Waals surface area contributed by atoms with Crippen LogP contribution in [0, 0.1) is 0 Å². The molecule has 0 spiro atoms. The molecule has 1 aliphatic rings. The highest BCUT2D eigenvalue weighted by Crippen LogP contribution is 2.28. The van der Waals surface area contributed by atoms with Crippen molar-refractivity contribution in [3.05, 3.63) is 35.5 Å². The first-order valence-corrected chi connectivity index (χ1v) is 7.39. The number of halogens is 1. The number of carbonyl (C=O) groups is 1. The molecule has 20 heavy (non-hydrogen) atoms. The maximum Gasteiger partial charge on any atom is 0.407 e. The van der Waals surface area contributed by atoms with Crippen molar-refractivity contribution in [2.45, 2.75) is 25.3 Å². The summed E-state index contributed by atoms with van der Waals surface area (Å²) in [4.78, 5) is 15.0. The van der Waals surface area contributed by atoms with Crippen molar-refractivity contribution in [3.8, 4) is 0 Å². The number of hydrogen-bond acceptors (Lipinski definition) is 2. The number of hydrogen-bond donors (Lipinski definition) is 2. The van der Waals surface area contributed by atoms with Crippen LogP contribution < -0.4 is 5.32 Å². The Bertz CT molecular complexity index is 623. The van der Waals surface area contributed by atoms with Crippen LogP contribution in [-0.2, 0) is 17.6 Å². The number of aromatic amines is 1. The molecule has 1 aromatic heterocycles. The van der Waals surface area contributed by atoms with Gasteiger partial charge in [-0.05, 0) is 24.5 Å². The standard InChI is InChI=1S/C15H17ClN2O2/c16-7-8-20-15(19)17-10-5-6-12-11-3-1-2-4-13(11)18-14(12)9-10/h1-4,10,18H,5-9H2,(H,17,19). The number of ether oxygens (including phenoxy) is 1. The Labute approximate surface area is 122 Å². The number of benzene rings is 1. The number of fused-ring (bicyclic) bond motifs is 3. The summed E-state index contributed by atoms with van der Waals surface area (Å²) in [5, 5.41) is 4.20. The molecule has 2 N–H and O–H groups in total. The fourth-order valence-corrected chi connectivity index (χ4v) is 2.92. The summed E-state index contributed by atoms with van der Waals surface area (Å²) >= 11 is 5.49. The van der Waals surface area contributed by atoms with Crippen molar-refractivity contribution in [3.63, 3.8) is 0 Å². The molecule has 5 heteroatoms. The normalized spacial score (nSPS) is 17.8. The highest BCUT2D eigenvalue weighted by molar-refractivity contribution is 6.18. The average molecular weight is 293 g/mol. The van der Waals surface area contributed by atoms with Crippen molar-refractivity contribution < 1.29 is 9.53 Å². The minimum absolute atomic E-state index is 0.124. The third-order valence-electron chi connectivity index (χ3n) is 3.73. The van der Waals surface area contributed by atoms with Crippen LogP contribution in [0.25, 0.3) is 10.9 Å². The van der Waals surface area contributed by atoms with Crippen LogP contribution in [0.2, 0.25) is 0 Å². The van der Waals surface area contributed by atoms with Gasteiger partial charge in [-0.2, -0.15) is 0 Å². The van der Waals surface area contributed by atoms with Crippen LogP contribution >= 0.6 is 11.6 Å². The number of para-hydroxylation sites is 1. The molecule has 1 aliphatic carbocycles. The van der Waals surface area contributed by atoms with Gasteiger partial charge in [-0.25, -0.2) is 4.79 Å². The molecule has 0 radical (unpaired) electrons. The van der Waals surface area contributed by atoms with Gasteiger partial charge in [0.15, 0.2) is 0 Å². The lowest BCUT2D eigenvalue weighted by molar-refractivity contribution is 0.147. The lowest BCUT2D eigenvalue weighted by Crippen LogP contribution is -2.39. The van der Waals surface area contributed by atoms with E-state index in [1.807, 2.05) is 6.07 Å². The molecular weight excluding hydrogens is 276 g/mol. The molecule has 3 rings (SSSR count). The Morgan fingerprint density at radius 2 is 2.30 bits per heavy atom. The van der Waals surface area contributed by atoms with Gasteiger partial charge >= 0.3 is 6.09 Å². The number of amides is 1. The summed E-state index contributed by atoms with van der Waals surface area (Å²) in [6, 6.07) is 8.45. The summed E-state index contributed by atoms with van der Waals surface area (Å²) in [5.74, 6) is 0.324. The zero-order valence-electron chi connectivity index (χ0n) is 11.1. The number of carbonyl (C=O) groups excluding carboxylic acids is 1. The molecule has 0 saturated heterocycles. The van der Waals surface area contributed by atoms with E-state index in [1.165, 1.54) is 22.2 Å². The van der Waals surface area contributed by atoms with Crippen LogP contribution in [0.15, 0.2) is 24.3 Å². The molecular formula is C15H17ClN2O2. The molecule has 0 saturated carbocycles. The van der Waals surface area contributed by atoms with E-state index in [1.54, 1.807) is 0 Å². The van der Waals surface area contributed by atoms with E-state index in [4.69, 9.17) is 16.3 Å². The molecule has 0 aliphatic heterocycles. The predicted molar refractivity (Wildman–Crippen MR) is 79.3 cm³/mol.